The highest BCUT2D eigenvalue weighted by molar-refractivity contribution is 5.94. The molecule has 2 aromatic rings. The lowest BCUT2D eigenvalue weighted by atomic mass is 10.1. The molecule has 0 spiro atoms. The molecule has 21 heavy (non-hydrogen) atoms. The zero-order chi connectivity index (χ0) is 14.7. The van der Waals surface area contributed by atoms with E-state index < -0.39 is 0 Å². The van der Waals surface area contributed by atoms with Gasteiger partial charge < -0.3 is 10.1 Å². The SMILES string of the molecule is Cc1ccc(OCc2cccc(C(=O)NC3CC3)c2)cn1. The highest BCUT2D eigenvalue weighted by Crippen LogP contribution is 2.19. The maximum absolute atomic E-state index is 12.0. The standard InChI is InChI=1S/C17H18N2O2/c1-12-5-8-16(10-18-12)21-11-13-3-2-4-14(9-13)17(20)19-15-6-7-15/h2-5,8-10,15H,6-7,11H2,1H3,(H,19,20). The summed E-state index contributed by atoms with van der Waals surface area (Å²) in [6.07, 6.45) is 3.89. The largest absolute Gasteiger partial charge is 0.487 e. The Morgan fingerprint density at radius 1 is 1.33 bits per heavy atom. The van der Waals surface area contributed by atoms with Crippen LogP contribution in [0, 0.1) is 6.92 Å². The third kappa shape index (κ3) is 3.81. The number of hydrogen-bond acceptors (Lipinski definition) is 3. The highest BCUT2D eigenvalue weighted by atomic mass is 16.5. The Bertz CT molecular complexity index is 633. The lowest BCUT2D eigenvalue weighted by Crippen LogP contribution is -2.25. The number of nitrogens with zero attached hydrogens (tertiary/aromatic N) is 1. The molecule has 0 bridgehead atoms. The van der Waals surface area contributed by atoms with E-state index in [2.05, 4.69) is 10.3 Å². The molecule has 1 saturated carbocycles. The van der Waals surface area contributed by atoms with Gasteiger partial charge in [-0.2, -0.15) is 0 Å². The molecule has 1 aliphatic carbocycles. The summed E-state index contributed by atoms with van der Waals surface area (Å²) in [7, 11) is 0. The summed E-state index contributed by atoms with van der Waals surface area (Å²) in [4.78, 5) is 16.2. The second-order valence-electron chi connectivity index (χ2n) is 5.37. The van der Waals surface area contributed by atoms with Crippen LogP contribution in [0.3, 0.4) is 0 Å². The number of rotatable bonds is 5. The van der Waals surface area contributed by atoms with E-state index in [1.165, 1.54) is 0 Å². The van der Waals surface area contributed by atoms with Gasteiger partial charge in [0.05, 0.1) is 6.20 Å². The van der Waals surface area contributed by atoms with E-state index in [0.29, 0.717) is 18.2 Å². The van der Waals surface area contributed by atoms with Gasteiger partial charge in [0.1, 0.15) is 12.4 Å². The smallest absolute Gasteiger partial charge is 0.251 e. The molecule has 1 aromatic carbocycles. The van der Waals surface area contributed by atoms with Crippen LogP contribution in [0.5, 0.6) is 5.75 Å². The summed E-state index contributed by atoms with van der Waals surface area (Å²) in [5.74, 6) is 0.727. The maximum Gasteiger partial charge on any atom is 0.251 e. The Labute approximate surface area is 124 Å². The van der Waals surface area contributed by atoms with E-state index in [4.69, 9.17) is 4.74 Å². The van der Waals surface area contributed by atoms with Crippen LogP contribution in [0.2, 0.25) is 0 Å². The lowest BCUT2D eigenvalue weighted by Gasteiger charge is -2.08. The minimum atomic E-state index is -0.00338. The zero-order valence-electron chi connectivity index (χ0n) is 12.0. The van der Waals surface area contributed by atoms with Crippen LogP contribution >= 0.6 is 0 Å². The average molecular weight is 282 g/mol. The van der Waals surface area contributed by atoms with E-state index in [9.17, 15) is 4.79 Å². The fourth-order valence-corrected chi connectivity index (χ4v) is 2.01. The first kappa shape index (κ1) is 13.6. The Hall–Kier alpha value is -2.36. The average Bonchev–Trinajstić information content (AvgIpc) is 3.31. The maximum atomic E-state index is 12.0. The van der Waals surface area contributed by atoms with E-state index in [1.807, 2.05) is 43.3 Å². The van der Waals surface area contributed by atoms with Crippen LogP contribution in [0.4, 0.5) is 0 Å². The molecule has 0 unspecified atom stereocenters. The Kier molecular flexibility index (Phi) is 3.86. The number of benzene rings is 1. The molecule has 0 atom stereocenters. The molecule has 1 N–H and O–H groups in total. The van der Waals surface area contributed by atoms with Gasteiger partial charge in [0, 0.05) is 17.3 Å². The van der Waals surface area contributed by atoms with Crippen molar-refractivity contribution in [1.29, 1.82) is 0 Å². The van der Waals surface area contributed by atoms with Crippen LogP contribution in [-0.4, -0.2) is 16.9 Å². The summed E-state index contributed by atoms with van der Waals surface area (Å²) in [5.41, 5.74) is 2.62. The monoisotopic (exact) mass is 282 g/mol. The van der Waals surface area contributed by atoms with Gasteiger partial charge in [-0.05, 0) is 49.6 Å². The molecular formula is C17H18N2O2. The van der Waals surface area contributed by atoms with Crippen molar-refractivity contribution in [3.8, 4) is 5.75 Å². The second kappa shape index (κ2) is 5.95. The molecule has 1 fully saturated rings. The Balaban J connectivity index is 1.62. The molecule has 0 aliphatic heterocycles. The highest BCUT2D eigenvalue weighted by Gasteiger charge is 2.23. The fraction of sp³-hybridized carbons (Fsp3) is 0.294. The lowest BCUT2D eigenvalue weighted by molar-refractivity contribution is 0.0951. The van der Waals surface area contributed by atoms with Gasteiger partial charge in [0.25, 0.3) is 5.91 Å². The van der Waals surface area contributed by atoms with Crippen LogP contribution in [0.15, 0.2) is 42.6 Å². The van der Waals surface area contributed by atoms with Crippen LogP contribution in [0.1, 0.15) is 34.5 Å². The molecule has 0 saturated heterocycles. The first-order chi connectivity index (χ1) is 10.2. The molecule has 3 rings (SSSR count). The van der Waals surface area contributed by atoms with Gasteiger partial charge in [-0.1, -0.05) is 12.1 Å². The van der Waals surface area contributed by atoms with Crippen molar-refractivity contribution >= 4 is 5.91 Å². The molecule has 1 heterocycles. The molecule has 4 nitrogen and oxygen atoms in total. The van der Waals surface area contributed by atoms with Gasteiger partial charge in [0.15, 0.2) is 0 Å². The number of nitrogens with one attached hydrogen (secondary N) is 1. The summed E-state index contributed by atoms with van der Waals surface area (Å²) in [6.45, 7) is 2.36. The third-order valence-corrected chi connectivity index (χ3v) is 3.39. The number of ether oxygens (including phenoxy) is 1. The molecule has 4 heteroatoms. The molecule has 1 aromatic heterocycles. The van der Waals surface area contributed by atoms with Gasteiger partial charge in [-0.15, -0.1) is 0 Å². The fourth-order valence-electron chi connectivity index (χ4n) is 2.01. The van der Waals surface area contributed by atoms with E-state index in [1.54, 1.807) is 6.20 Å². The summed E-state index contributed by atoms with van der Waals surface area (Å²) in [5, 5.41) is 2.99. The van der Waals surface area contributed by atoms with Crippen molar-refractivity contribution in [3.05, 3.63) is 59.4 Å². The molecule has 108 valence electrons. The van der Waals surface area contributed by atoms with Gasteiger partial charge in [-0.25, -0.2) is 0 Å². The number of pyridine rings is 1. The Morgan fingerprint density at radius 3 is 2.90 bits per heavy atom. The molecule has 1 amide bonds. The minimum absolute atomic E-state index is 0.00338. The number of amides is 1. The Morgan fingerprint density at radius 2 is 2.19 bits per heavy atom. The number of carbonyl (C=O) groups excluding carboxylic acids is 1. The number of hydrogen-bond donors (Lipinski definition) is 1. The van der Waals surface area contributed by atoms with E-state index >= 15 is 0 Å². The van der Waals surface area contributed by atoms with Crippen molar-refractivity contribution < 1.29 is 9.53 Å². The summed E-state index contributed by atoms with van der Waals surface area (Å²) >= 11 is 0. The quantitative estimate of drug-likeness (QED) is 0.917. The van der Waals surface area contributed by atoms with Crippen molar-refractivity contribution in [2.24, 2.45) is 0 Å². The van der Waals surface area contributed by atoms with Gasteiger partial charge >= 0.3 is 0 Å². The number of aryl methyl sites for hydroxylation is 1. The van der Waals surface area contributed by atoms with E-state index in [-0.39, 0.29) is 5.91 Å². The number of aromatic nitrogens is 1. The van der Waals surface area contributed by atoms with Crippen molar-refractivity contribution in [2.75, 3.05) is 0 Å². The first-order valence-corrected chi connectivity index (χ1v) is 7.16. The van der Waals surface area contributed by atoms with Crippen molar-refractivity contribution in [2.45, 2.75) is 32.4 Å². The van der Waals surface area contributed by atoms with Crippen LogP contribution < -0.4 is 10.1 Å². The third-order valence-electron chi connectivity index (χ3n) is 3.39. The predicted molar refractivity (Wildman–Crippen MR) is 80.2 cm³/mol. The van der Waals surface area contributed by atoms with Crippen molar-refractivity contribution in [3.63, 3.8) is 0 Å². The van der Waals surface area contributed by atoms with Gasteiger partial charge in [-0.3, -0.25) is 9.78 Å². The normalized spacial score (nSPS) is 13.8. The molecule has 0 radical (unpaired) electrons. The van der Waals surface area contributed by atoms with Crippen LogP contribution in [0.25, 0.3) is 0 Å². The summed E-state index contributed by atoms with van der Waals surface area (Å²) < 4.78 is 5.68. The zero-order valence-corrected chi connectivity index (χ0v) is 12.0. The molecule has 1 aliphatic rings. The molecular weight excluding hydrogens is 264 g/mol. The summed E-state index contributed by atoms with van der Waals surface area (Å²) in [6, 6.07) is 11.7. The van der Waals surface area contributed by atoms with Crippen molar-refractivity contribution in [1.82, 2.24) is 10.3 Å². The number of carbonyl (C=O) groups is 1. The topological polar surface area (TPSA) is 51.2 Å². The first-order valence-electron chi connectivity index (χ1n) is 7.16. The van der Waals surface area contributed by atoms with E-state index in [0.717, 1.165) is 29.8 Å². The minimum Gasteiger partial charge on any atom is -0.487 e. The predicted octanol–water partition coefficient (Wildman–Crippen LogP) is 2.86. The second-order valence-corrected chi connectivity index (χ2v) is 5.37. The van der Waals surface area contributed by atoms with Crippen LogP contribution in [-0.2, 0) is 6.61 Å². The van der Waals surface area contributed by atoms with Gasteiger partial charge in [0.2, 0.25) is 0 Å².